The van der Waals surface area contributed by atoms with E-state index in [0.29, 0.717) is 24.9 Å². The number of aliphatic hydroxyl groups is 1. The predicted octanol–water partition coefficient (Wildman–Crippen LogP) is 3.14. The van der Waals surface area contributed by atoms with Crippen LogP contribution in [0.1, 0.15) is 26.0 Å². The number of hydrogen-bond donors (Lipinski definition) is 3. The van der Waals surface area contributed by atoms with E-state index in [1.807, 2.05) is 31.2 Å². The highest BCUT2D eigenvalue weighted by molar-refractivity contribution is 14.0. The molecule has 0 saturated heterocycles. The third kappa shape index (κ3) is 7.97. The molecule has 1 heterocycles. The Hall–Kier alpha value is -1.94. The molecule has 0 aliphatic heterocycles. The fourth-order valence-corrected chi connectivity index (χ4v) is 2.40. The molecule has 156 valence electrons. The normalized spacial score (nSPS) is 13.2. The quantitative estimate of drug-likeness (QED) is 0.200. The second-order valence-electron chi connectivity index (χ2n) is 6.25. The van der Waals surface area contributed by atoms with Gasteiger partial charge in [-0.2, -0.15) is 0 Å². The Morgan fingerprint density at radius 2 is 2.00 bits per heavy atom. The molecule has 3 N–H and O–H groups in total. The van der Waals surface area contributed by atoms with Crippen LogP contribution in [0.2, 0.25) is 0 Å². The van der Waals surface area contributed by atoms with Crippen molar-refractivity contribution in [3.05, 3.63) is 48.4 Å². The minimum Gasteiger partial charge on any atom is -0.497 e. The average Bonchev–Trinajstić information content (AvgIpc) is 3.22. The second kappa shape index (κ2) is 12.5. The molecule has 1 aromatic heterocycles. The molecule has 0 fully saturated rings. The Labute approximate surface area is 183 Å². The van der Waals surface area contributed by atoms with E-state index in [-0.39, 0.29) is 30.5 Å². The smallest absolute Gasteiger partial charge is 0.191 e. The van der Waals surface area contributed by atoms with Gasteiger partial charge in [0.25, 0.3) is 0 Å². The maximum Gasteiger partial charge on any atom is 0.191 e. The van der Waals surface area contributed by atoms with Crippen LogP contribution in [0.25, 0.3) is 0 Å². The van der Waals surface area contributed by atoms with Gasteiger partial charge in [0.1, 0.15) is 22.9 Å². The number of nitrogens with zero attached hydrogens (tertiary/aromatic N) is 1. The molecule has 0 amide bonds. The van der Waals surface area contributed by atoms with Crippen molar-refractivity contribution < 1.29 is 19.0 Å². The fraction of sp³-hybridized carbons (Fsp3) is 0.450. The van der Waals surface area contributed by atoms with Gasteiger partial charge in [-0.1, -0.05) is 6.07 Å². The lowest BCUT2D eigenvalue weighted by Gasteiger charge is -2.19. The highest BCUT2D eigenvalue weighted by Crippen LogP contribution is 2.21. The van der Waals surface area contributed by atoms with E-state index in [9.17, 15) is 5.11 Å². The van der Waals surface area contributed by atoms with Gasteiger partial charge in [-0.15, -0.1) is 24.0 Å². The van der Waals surface area contributed by atoms with Crippen LogP contribution in [0.5, 0.6) is 11.5 Å². The SMILES string of the molecule is CCNC(=NCC(C)(O)c1ccco1)NCCCOc1cccc(OC)c1.I. The molecular formula is C20H30IN3O4. The van der Waals surface area contributed by atoms with E-state index in [0.717, 1.165) is 24.5 Å². The van der Waals surface area contributed by atoms with E-state index in [1.54, 1.807) is 32.4 Å². The number of benzene rings is 1. The molecule has 2 aromatic rings. The summed E-state index contributed by atoms with van der Waals surface area (Å²) < 4.78 is 16.2. The number of nitrogens with one attached hydrogen (secondary N) is 2. The Bertz CT molecular complexity index is 705. The van der Waals surface area contributed by atoms with Crippen LogP contribution in [0.4, 0.5) is 0 Å². The second-order valence-corrected chi connectivity index (χ2v) is 6.25. The van der Waals surface area contributed by atoms with Gasteiger partial charge < -0.3 is 29.6 Å². The molecule has 2 rings (SSSR count). The summed E-state index contributed by atoms with van der Waals surface area (Å²) in [6.07, 6.45) is 2.34. The summed E-state index contributed by atoms with van der Waals surface area (Å²) in [4.78, 5) is 4.45. The minimum absolute atomic E-state index is 0. The van der Waals surface area contributed by atoms with Gasteiger partial charge in [0.05, 0.1) is 26.5 Å². The first-order valence-electron chi connectivity index (χ1n) is 9.10. The molecule has 0 radical (unpaired) electrons. The maximum atomic E-state index is 10.5. The van der Waals surface area contributed by atoms with Crippen molar-refractivity contribution in [3.63, 3.8) is 0 Å². The van der Waals surface area contributed by atoms with Crippen molar-refractivity contribution in [2.45, 2.75) is 25.9 Å². The Balaban J connectivity index is 0.00000392. The zero-order valence-electron chi connectivity index (χ0n) is 16.6. The van der Waals surface area contributed by atoms with E-state index in [4.69, 9.17) is 13.9 Å². The highest BCUT2D eigenvalue weighted by atomic mass is 127. The molecule has 1 atom stereocenters. The highest BCUT2D eigenvalue weighted by Gasteiger charge is 2.25. The summed E-state index contributed by atoms with van der Waals surface area (Å²) >= 11 is 0. The Morgan fingerprint density at radius 1 is 1.21 bits per heavy atom. The Kier molecular flexibility index (Phi) is 10.8. The third-order valence-corrected chi connectivity index (χ3v) is 3.86. The largest absolute Gasteiger partial charge is 0.497 e. The van der Waals surface area contributed by atoms with Crippen molar-refractivity contribution in [3.8, 4) is 11.5 Å². The first kappa shape index (κ1) is 24.1. The number of rotatable bonds is 10. The summed E-state index contributed by atoms with van der Waals surface area (Å²) in [6.45, 7) is 5.86. The zero-order chi connectivity index (χ0) is 19.5. The molecule has 7 nitrogen and oxygen atoms in total. The van der Waals surface area contributed by atoms with E-state index in [1.165, 1.54) is 0 Å². The van der Waals surface area contributed by atoms with Gasteiger partial charge in [-0.3, -0.25) is 0 Å². The zero-order valence-corrected chi connectivity index (χ0v) is 18.9. The van der Waals surface area contributed by atoms with Crippen LogP contribution >= 0.6 is 24.0 Å². The summed E-state index contributed by atoms with van der Waals surface area (Å²) in [5.74, 6) is 2.69. The van der Waals surface area contributed by atoms with E-state index in [2.05, 4.69) is 15.6 Å². The number of methoxy groups -OCH3 is 1. The lowest BCUT2D eigenvalue weighted by molar-refractivity contribution is 0.0437. The summed E-state index contributed by atoms with van der Waals surface area (Å²) in [6, 6.07) is 11.0. The number of furan rings is 1. The number of ether oxygens (including phenoxy) is 2. The van der Waals surface area contributed by atoms with Crippen molar-refractivity contribution in [2.75, 3.05) is 33.4 Å². The summed E-state index contributed by atoms with van der Waals surface area (Å²) in [5.41, 5.74) is -1.15. The van der Waals surface area contributed by atoms with Crippen molar-refractivity contribution >= 4 is 29.9 Å². The van der Waals surface area contributed by atoms with Crippen LogP contribution in [0, 0.1) is 0 Å². The molecule has 0 bridgehead atoms. The van der Waals surface area contributed by atoms with Gasteiger partial charge in [0.2, 0.25) is 0 Å². The van der Waals surface area contributed by atoms with Crippen LogP contribution in [0.3, 0.4) is 0 Å². The number of hydrogen-bond acceptors (Lipinski definition) is 5. The maximum absolute atomic E-state index is 10.5. The van der Waals surface area contributed by atoms with Gasteiger partial charge in [0, 0.05) is 19.2 Å². The first-order chi connectivity index (χ1) is 13.0. The number of aliphatic imine (C=N–C) groups is 1. The topological polar surface area (TPSA) is 88.3 Å². The molecule has 0 aliphatic carbocycles. The number of guanidine groups is 1. The molecular weight excluding hydrogens is 473 g/mol. The monoisotopic (exact) mass is 503 g/mol. The lowest BCUT2D eigenvalue weighted by atomic mass is 10.0. The van der Waals surface area contributed by atoms with E-state index < -0.39 is 5.60 Å². The molecule has 1 aromatic carbocycles. The van der Waals surface area contributed by atoms with Gasteiger partial charge in [-0.05, 0) is 44.5 Å². The molecule has 0 aliphatic rings. The molecule has 8 heteroatoms. The number of halogens is 1. The van der Waals surface area contributed by atoms with Crippen LogP contribution < -0.4 is 20.1 Å². The predicted molar refractivity (Wildman–Crippen MR) is 121 cm³/mol. The summed E-state index contributed by atoms with van der Waals surface area (Å²) in [7, 11) is 1.63. The van der Waals surface area contributed by atoms with Gasteiger partial charge in [0.15, 0.2) is 5.96 Å². The molecule has 0 saturated carbocycles. The minimum atomic E-state index is -1.15. The third-order valence-electron chi connectivity index (χ3n) is 3.86. The lowest BCUT2D eigenvalue weighted by Crippen LogP contribution is -2.39. The van der Waals surface area contributed by atoms with Crippen molar-refractivity contribution in [2.24, 2.45) is 4.99 Å². The van der Waals surface area contributed by atoms with Crippen LogP contribution in [0.15, 0.2) is 52.1 Å². The summed E-state index contributed by atoms with van der Waals surface area (Å²) in [5, 5.41) is 16.9. The Morgan fingerprint density at radius 3 is 2.68 bits per heavy atom. The van der Waals surface area contributed by atoms with E-state index >= 15 is 0 Å². The standard InChI is InChI=1S/C20H29N3O4.HI/c1-4-21-19(23-15-20(2,24)18-10-6-12-27-18)22-11-7-13-26-17-9-5-8-16(14-17)25-3;/h5-6,8-10,12,14,24H,4,7,11,13,15H2,1-3H3,(H2,21,22,23);1H. The van der Waals surface area contributed by atoms with Gasteiger partial charge >= 0.3 is 0 Å². The molecule has 1 unspecified atom stereocenters. The fourth-order valence-electron chi connectivity index (χ4n) is 2.40. The first-order valence-corrected chi connectivity index (χ1v) is 9.10. The van der Waals surface area contributed by atoms with Crippen LogP contribution in [-0.4, -0.2) is 44.4 Å². The molecule has 28 heavy (non-hydrogen) atoms. The van der Waals surface area contributed by atoms with Gasteiger partial charge in [-0.25, -0.2) is 4.99 Å². The van der Waals surface area contributed by atoms with Crippen molar-refractivity contribution in [1.29, 1.82) is 0 Å². The van der Waals surface area contributed by atoms with Crippen LogP contribution in [-0.2, 0) is 5.60 Å². The average molecular weight is 503 g/mol. The van der Waals surface area contributed by atoms with Crippen molar-refractivity contribution in [1.82, 2.24) is 10.6 Å². The molecule has 0 spiro atoms.